The van der Waals surface area contributed by atoms with Crippen molar-refractivity contribution < 1.29 is 4.79 Å². The van der Waals surface area contributed by atoms with Gasteiger partial charge in [-0.15, -0.1) is 0 Å². The quantitative estimate of drug-likeness (QED) is 0.691. The molecule has 1 aliphatic rings. The largest absolute Gasteiger partial charge is 0.299 e. The van der Waals surface area contributed by atoms with Crippen LogP contribution in [0.5, 0.6) is 0 Å². The summed E-state index contributed by atoms with van der Waals surface area (Å²) < 4.78 is 0. The molecule has 0 heterocycles. The summed E-state index contributed by atoms with van der Waals surface area (Å²) in [5.74, 6) is 1.24. The van der Waals surface area contributed by atoms with Crippen LogP contribution in [0.15, 0.2) is 0 Å². The SMILES string of the molecule is CC(C#N)CC(=O)C1CCC(C)CC1. The molecule has 0 aromatic heterocycles. The Labute approximate surface area is 86.3 Å². The van der Waals surface area contributed by atoms with Gasteiger partial charge in [0.15, 0.2) is 0 Å². The van der Waals surface area contributed by atoms with Crippen LogP contribution in [0.25, 0.3) is 0 Å². The number of nitriles is 1. The van der Waals surface area contributed by atoms with Crippen molar-refractivity contribution in [3.63, 3.8) is 0 Å². The molecule has 14 heavy (non-hydrogen) atoms. The van der Waals surface area contributed by atoms with Crippen LogP contribution in [-0.4, -0.2) is 5.78 Å². The third kappa shape index (κ3) is 3.14. The van der Waals surface area contributed by atoms with E-state index in [4.69, 9.17) is 5.26 Å². The molecule has 0 amide bonds. The molecule has 78 valence electrons. The van der Waals surface area contributed by atoms with Crippen LogP contribution >= 0.6 is 0 Å². The van der Waals surface area contributed by atoms with Gasteiger partial charge in [-0.25, -0.2) is 0 Å². The smallest absolute Gasteiger partial charge is 0.137 e. The van der Waals surface area contributed by atoms with Crippen molar-refractivity contribution >= 4 is 5.78 Å². The molecule has 1 fully saturated rings. The lowest BCUT2D eigenvalue weighted by Crippen LogP contribution is -2.22. The molecule has 0 radical (unpaired) electrons. The number of hydrogen-bond acceptors (Lipinski definition) is 2. The molecule has 0 aromatic rings. The fraction of sp³-hybridized carbons (Fsp3) is 0.833. The lowest BCUT2D eigenvalue weighted by atomic mass is 9.79. The summed E-state index contributed by atoms with van der Waals surface area (Å²) in [6.45, 7) is 4.07. The standard InChI is InChI=1S/C12H19NO/c1-9-3-5-11(6-4-9)12(14)7-10(2)8-13/h9-11H,3-7H2,1-2H3. The molecular formula is C12H19NO. The number of ketones is 1. The van der Waals surface area contributed by atoms with E-state index in [1.54, 1.807) is 0 Å². The van der Waals surface area contributed by atoms with Gasteiger partial charge in [0, 0.05) is 12.3 Å². The minimum absolute atomic E-state index is 0.109. The molecule has 0 aromatic carbocycles. The number of carbonyl (C=O) groups excluding carboxylic acids is 1. The van der Waals surface area contributed by atoms with E-state index < -0.39 is 0 Å². The number of Topliss-reactive ketones (excluding diaryl/α,β-unsaturated/α-hetero) is 1. The zero-order chi connectivity index (χ0) is 10.6. The first-order valence-electron chi connectivity index (χ1n) is 5.55. The molecule has 0 N–H and O–H groups in total. The predicted molar refractivity (Wildman–Crippen MR) is 55.5 cm³/mol. The second kappa shape index (κ2) is 5.14. The number of hydrogen-bond donors (Lipinski definition) is 0. The average Bonchev–Trinajstić information content (AvgIpc) is 2.18. The Morgan fingerprint density at radius 2 is 2.00 bits per heavy atom. The maximum Gasteiger partial charge on any atom is 0.137 e. The van der Waals surface area contributed by atoms with E-state index in [0.717, 1.165) is 18.8 Å². The first kappa shape index (κ1) is 11.2. The van der Waals surface area contributed by atoms with Crippen molar-refractivity contribution in [1.29, 1.82) is 5.26 Å². The van der Waals surface area contributed by atoms with Gasteiger partial charge in [0.05, 0.1) is 12.0 Å². The van der Waals surface area contributed by atoms with Gasteiger partial charge < -0.3 is 0 Å². The van der Waals surface area contributed by atoms with E-state index in [2.05, 4.69) is 13.0 Å². The molecule has 1 aliphatic carbocycles. The zero-order valence-corrected chi connectivity index (χ0v) is 9.12. The number of carbonyl (C=O) groups is 1. The van der Waals surface area contributed by atoms with Crippen molar-refractivity contribution in [2.45, 2.75) is 46.0 Å². The average molecular weight is 193 g/mol. The third-order valence-electron chi connectivity index (χ3n) is 3.20. The summed E-state index contributed by atoms with van der Waals surface area (Å²) in [7, 11) is 0. The van der Waals surface area contributed by atoms with E-state index in [1.165, 1.54) is 12.8 Å². The highest BCUT2D eigenvalue weighted by Crippen LogP contribution is 2.30. The Bertz CT molecular complexity index is 233. The Hall–Kier alpha value is -0.840. The molecule has 2 heteroatoms. The van der Waals surface area contributed by atoms with Crippen LogP contribution in [-0.2, 0) is 4.79 Å². The summed E-state index contributed by atoms with van der Waals surface area (Å²) >= 11 is 0. The highest BCUT2D eigenvalue weighted by Gasteiger charge is 2.24. The van der Waals surface area contributed by atoms with Crippen molar-refractivity contribution in [2.75, 3.05) is 0 Å². The van der Waals surface area contributed by atoms with Gasteiger partial charge in [0.2, 0.25) is 0 Å². The summed E-state index contributed by atoms with van der Waals surface area (Å²) in [4.78, 5) is 11.7. The summed E-state index contributed by atoms with van der Waals surface area (Å²) in [5.41, 5.74) is 0. The van der Waals surface area contributed by atoms with E-state index >= 15 is 0 Å². The van der Waals surface area contributed by atoms with Gasteiger partial charge in [-0.2, -0.15) is 5.26 Å². The summed E-state index contributed by atoms with van der Waals surface area (Å²) in [5, 5.41) is 8.62. The second-order valence-electron chi connectivity index (χ2n) is 4.66. The van der Waals surface area contributed by atoms with Crippen LogP contribution in [0, 0.1) is 29.1 Å². The molecule has 0 spiro atoms. The highest BCUT2D eigenvalue weighted by molar-refractivity contribution is 5.81. The van der Waals surface area contributed by atoms with Gasteiger partial charge in [0.1, 0.15) is 5.78 Å². The molecule has 1 unspecified atom stereocenters. The Morgan fingerprint density at radius 3 is 2.50 bits per heavy atom. The lowest BCUT2D eigenvalue weighted by molar-refractivity contribution is -0.124. The van der Waals surface area contributed by atoms with Gasteiger partial charge in [-0.05, 0) is 25.7 Å². The molecule has 1 atom stereocenters. The van der Waals surface area contributed by atoms with Crippen LogP contribution in [0.3, 0.4) is 0 Å². The van der Waals surface area contributed by atoms with Crippen LogP contribution in [0.1, 0.15) is 46.0 Å². The second-order valence-corrected chi connectivity index (χ2v) is 4.66. The van der Waals surface area contributed by atoms with E-state index in [-0.39, 0.29) is 11.8 Å². The van der Waals surface area contributed by atoms with Crippen molar-refractivity contribution in [2.24, 2.45) is 17.8 Å². The highest BCUT2D eigenvalue weighted by atomic mass is 16.1. The topological polar surface area (TPSA) is 40.9 Å². The molecule has 2 nitrogen and oxygen atoms in total. The zero-order valence-electron chi connectivity index (χ0n) is 9.12. The minimum atomic E-state index is -0.109. The van der Waals surface area contributed by atoms with Crippen LogP contribution < -0.4 is 0 Å². The van der Waals surface area contributed by atoms with Gasteiger partial charge in [0.25, 0.3) is 0 Å². The van der Waals surface area contributed by atoms with E-state index in [0.29, 0.717) is 12.2 Å². The summed E-state index contributed by atoms with van der Waals surface area (Å²) in [6, 6.07) is 2.12. The lowest BCUT2D eigenvalue weighted by Gasteiger charge is -2.25. The van der Waals surface area contributed by atoms with Crippen LogP contribution in [0.2, 0.25) is 0 Å². The number of nitrogens with zero attached hydrogens (tertiary/aromatic N) is 1. The Morgan fingerprint density at radius 1 is 1.43 bits per heavy atom. The predicted octanol–water partition coefficient (Wildman–Crippen LogP) is 2.93. The monoisotopic (exact) mass is 193 g/mol. The Balaban J connectivity index is 2.35. The van der Waals surface area contributed by atoms with E-state index in [9.17, 15) is 4.79 Å². The number of rotatable bonds is 3. The fourth-order valence-electron chi connectivity index (χ4n) is 2.10. The molecule has 0 bridgehead atoms. The normalized spacial score (nSPS) is 29.2. The fourth-order valence-corrected chi connectivity index (χ4v) is 2.10. The van der Waals surface area contributed by atoms with Crippen molar-refractivity contribution in [1.82, 2.24) is 0 Å². The summed E-state index contributed by atoms with van der Waals surface area (Å²) in [6.07, 6.45) is 4.89. The minimum Gasteiger partial charge on any atom is -0.299 e. The van der Waals surface area contributed by atoms with E-state index in [1.807, 2.05) is 6.92 Å². The first-order valence-corrected chi connectivity index (χ1v) is 5.55. The molecule has 0 aliphatic heterocycles. The first-order chi connectivity index (χ1) is 6.63. The van der Waals surface area contributed by atoms with Crippen molar-refractivity contribution in [3.8, 4) is 6.07 Å². The maximum absolute atomic E-state index is 11.7. The third-order valence-corrected chi connectivity index (χ3v) is 3.20. The van der Waals surface area contributed by atoms with Crippen molar-refractivity contribution in [3.05, 3.63) is 0 Å². The molecule has 0 saturated heterocycles. The van der Waals surface area contributed by atoms with Gasteiger partial charge in [-0.3, -0.25) is 4.79 Å². The van der Waals surface area contributed by atoms with Gasteiger partial charge in [-0.1, -0.05) is 19.8 Å². The molecular weight excluding hydrogens is 174 g/mol. The van der Waals surface area contributed by atoms with Crippen LogP contribution in [0.4, 0.5) is 0 Å². The maximum atomic E-state index is 11.7. The Kier molecular flexibility index (Phi) is 4.13. The molecule has 1 saturated carbocycles. The molecule has 1 rings (SSSR count). The van der Waals surface area contributed by atoms with Gasteiger partial charge >= 0.3 is 0 Å².